The van der Waals surface area contributed by atoms with Crippen LogP contribution < -0.4 is 5.32 Å². The Morgan fingerprint density at radius 2 is 2.07 bits per heavy atom. The van der Waals surface area contributed by atoms with Crippen LogP contribution in [0.25, 0.3) is 0 Å². The van der Waals surface area contributed by atoms with E-state index in [1.807, 2.05) is 0 Å². The summed E-state index contributed by atoms with van der Waals surface area (Å²) in [6.07, 6.45) is 4.53. The van der Waals surface area contributed by atoms with Crippen LogP contribution in [0.2, 0.25) is 0 Å². The molecule has 0 aromatic carbocycles. The predicted molar refractivity (Wildman–Crippen MR) is 58.1 cm³/mol. The van der Waals surface area contributed by atoms with Gasteiger partial charge >= 0.3 is 0 Å². The summed E-state index contributed by atoms with van der Waals surface area (Å²) in [5.74, 6) is 0.749. The third-order valence-electron chi connectivity index (χ3n) is 4.49. The van der Waals surface area contributed by atoms with Crippen molar-refractivity contribution in [3.63, 3.8) is 0 Å². The number of hydrogen-bond acceptors (Lipinski definition) is 2. The maximum absolute atomic E-state index is 9.71. The quantitative estimate of drug-likeness (QED) is 0.724. The van der Waals surface area contributed by atoms with E-state index in [9.17, 15) is 5.11 Å². The first-order valence-electron chi connectivity index (χ1n) is 5.98. The van der Waals surface area contributed by atoms with Crippen molar-refractivity contribution in [3.8, 4) is 0 Å². The van der Waals surface area contributed by atoms with Crippen LogP contribution in [-0.4, -0.2) is 23.3 Å². The Kier molecular flexibility index (Phi) is 2.61. The van der Waals surface area contributed by atoms with E-state index in [-0.39, 0.29) is 6.10 Å². The summed E-state index contributed by atoms with van der Waals surface area (Å²) < 4.78 is 0. The van der Waals surface area contributed by atoms with Crippen molar-refractivity contribution in [1.29, 1.82) is 0 Å². The van der Waals surface area contributed by atoms with Crippen LogP contribution in [0.15, 0.2) is 0 Å². The Balaban J connectivity index is 1.83. The standard InChI is InChI=1S/C12H23NO/c1-8(2)12(3)7-11(12)13-9-5-4-6-10(9)14/h8-11,13-14H,4-7H2,1-3H3/t9-,10-,11?,12?/m1/s1. The highest BCUT2D eigenvalue weighted by molar-refractivity contribution is 5.08. The molecule has 4 atom stereocenters. The van der Waals surface area contributed by atoms with Gasteiger partial charge in [0.25, 0.3) is 0 Å². The van der Waals surface area contributed by atoms with Gasteiger partial charge in [-0.1, -0.05) is 20.8 Å². The third-order valence-corrected chi connectivity index (χ3v) is 4.49. The molecule has 2 saturated carbocycles. The molecule has 2 N–H and O–H groups in total. The molecule has 0 radical (unpaired) electrons. The molecule has 0 bridgehead atoms. The highest BCUT2D eigenvalue weighted by Gasteiger charge is 2.53. The second-order valence-electron chi connectivity index (χ2n) is 5.69. The minimum Gasteiger partial charge on any atom is -0.392 e. The molecule has 2 rings (SSSR count). The Hall–Kier alpha value is -0.0800. The van der Waals surface area contributed by atoms with Crippen molar-refractivity contribution in [3.05, 3.63) is 0 Å². The Morgan fingerprint density at radius 3 is 2.50 bits per heavy atom. The molecule has 0 saturated heterocycles. The van der Waals surface area contributed by atoms with Crippen molar-refractivity contribution in [2.75, 3.05) is 0 Å². The SMILES string of the molecule is CC(C)C1(C)CC1N[C@@H]1CCC[C@H]1O. The van der Waals surface area contributed by atoms with Gasteiger partial charge in [0.2, 0.25) is 0 Å². The maximum Gasteiger partial charge on any atom is 0.0693 e. The van der Waals surface area contributed by atoms with E-state index in [0.717, 1.165) is 18.8 Å². The van der Waals surface area contributed by atoms with Gasteiger partial charge in [-0.2, -0.15) is 0 Å². The van der Waals surface area contributed by atoms with Gasteiger partial charge in [-0.15, -0.1) is 0 Å². The highest BCUT2D eigenvalue weighted by atomic mass is 16.3. The molecular weight excluding hydrogens is 174 g/mol. The summed E-state index contributed by atoms with van der Waals surface area (Å²) in [6.45, 7) is 6.95. The van der Waals surface area contributed by atoms with Crippen LogP contribution in [-0.2, 0) is 0 Å². The molecule has 2 aliphatic carbocycles. The van der Waals surface area contributed by atoms with E-state index >= 15 is 0 Å². The lowest BCUT2D eigenvalue weighted by Crippen LogP contribution is -2.39. The van der Waals surface area contributed by atoms with Crippen molar-refractivity contribution in [2.45, 2.75) is 64.6 Å². The summed E-state index contributed by atoms with van der Waals surface area (Å²) in [6, 6.07) is 1.03. The number of aliphatic hydroxyl groups excluding tert-OH is 1. The Morgan fingerprint density at radius 1 is 1.36 bits per heavy atom. The monoisotopic (exact) mass is 197 g/mol. The third kappa shape index (κ3) is 1.70. The van der Waals surface area contributed by atoms with Gasteiger partial charge < -0.3 is 10.4 Å². The van der Waals surface area contributed by atoms with Crippen LogP contribution in [0.3, 0.4) is 0 Å². The van der Waals surface area contributed by atoms with E-state index in [1.165, 1.54) is 12.8 Å². The smallest absolute Gasteiger partial charge is 0.0693 e. The first-order valence-corrected chi connectivity index (χ1v) is 5.98. The molecule has 0 aromatic heterocycles. The van der Waals surface area contributed by atoms with Crippen molar-refractivity contribution >= 4 is 0 Å². The zero-order valence-electron chi connectivity index (χ0n) is 9.59. The first-order chi connectivity index (χ1) is 6.54. The largest absolute Gasteiger partial charge is 0.392 e. The van der Waals surface area contributed by atoms with Crippen molar-refractivity contribution in [1.82, 2.24) is 5.32 Å². The van der Waals surface area contributed by atoms with Gasteiger partial charge in [-0.25, -0.2) is 0 Å². The van der Waals surface area contributed by atoms with Gasteiger partial charge in [-0.05, 0) is 37.0 Å². The van der Waals surface area contributed by atoms with Gasteiger partial charge in [0.1, 0.15) is 0 Å². The Bertz CT molecular complexity index is 216. The zero-order chi connectivity index (χ0) is 10.3. The second-order valence-corrected chi connectivity index (χ2v) is 5.69. The number of aliphatic hydroxyl groups is 1. The van der Waals surface area contributed by atoms with Crippen molar-refractivity contribution in [2.24, 2.45) is 11.3 Å². The van der Waals surface area contributed by atoms with Gasteiger partial charge in [0.15, 0.2) is 0 Å². The van der Waals surface area contributed by atoms with Crippen LogP contribution >= 0.6 is 0 Å². The molecule has 2 fully saturated rings. The maximum atomic E-state index is 9.71. The molecule has 2 unspecified atom stereocenters. The summed E-state index contributed by atoms with van der Waals surface area (Å²) in [4.78, 5) is 0. The molecular formula is C12H23NO. The topological polar surface area (TPSA) is 32.3 Å². The number of rotatable bonds is 3. The van der Waals surface area contributed by atoms with E-state index < -0.39 is 0 Å². The zero-order valence-corrected chi connectivity index (χ0v) is 9.59. The normalized spacial score (nSPS) is 47.4. The van der Waals surface area contributed by atoms with E-state index in [4.69, 9.17) is 0 Å². The highest BCUT2D eigenvalue weighted by Crippen LogP contribution is 2.52. The summed E-state index contributed by atoms with van der Waals surface area (Å²) >= 11 is 0. The fraction of sp³-hybridized carbons (Fsp3) is 1.00. The van der Waals surface area contributed by atoms with Gasteiger partial charge in [0, 0.05) is 12.1 Å². The molecule has 0 aromatic rings. The average molecular weight is 197 g/mol. The first kappa shape index (κ1) is 10.4. The molecule has 2 nitrogen and oxygen atoms in total. The number of nitrogens with one attached hydrogen (secondary N) is 1. The molecule has 82 valence electrons. The van der Waals surface area contributed by atoms with Crippen LogP contribution in [0.5, 0.6) is 0 Å². The fourth-order valence-electron chi connectivity index (χ4n) is 2.66. The minimum atomic E-state index is -0.0907. The van der Waals surface area contributed by atoms with Crippen LogP contribution in [0.4, 0.5) is 0 Å². The second kappa shape index (κ2) is 3.49. The lowest BCUT2D eigenvalue weighted by molar-refractivity contribution is 0.145. The average Bonchev–Trinajstić information content (AvgIpc) is 2.59. The summed E-state index contributed by atoms with van der Waals surface area (Å²) in [5, 5.41) is 13.3. The molecule has 0 aliphatic heterocycles. The minimum absolute atomic E-state index is 0.0907. The fourth-order valence-corrected chi connectivity index (χ4v) is 2.66. The van der Waals surface area contributed by atoms with E-state index in [2.05, 4.69) is 26.1 Å². The van der Waals surface area contributed by atoms with Crippen molar-refractivity contribution < 1.29 is 5.11 Å². The van der Waals surface area contributed by atoms with Crippen LogP contribution in [0, 0.1) is 11.3 Å². The van der Waals surface area contributed by atoms with E-state index in [1.54, 1.807) is 0 Å². The Labute approximate surface area is 87.1 Å². The molecule has 14 heavy (non-hydrogen) atoms. The van der Waals surface area contributed by atoms with Gasteiger partial charge in [0.05, 0.1) is 6.10 Å². The summed E-state index contributed by atoms with van der Waals surface area (Å²) in [5.41, 5.74) is 0.488. The number of hydrogen-bond donors (Lipinski definition) is 2. The van der Waals surface area contributed by atoms with E-state index in [0.29, 0.717) is 17.5 Å². The molecule has 0 heterocycles. The lowest BCUT2D eigenvalue weighted by Gasteiger charge is -2.21. The lowest BCUT2D eigenvalue weighted by atomic mass is 9.94. The molecule has 2 heteroatoms. The molecule has 2 aliphatic rings. The predicted octanol–water partition coefficient (Wildman–Crippen LogP) is 1.92. The van der Waals surface area contributed by atoms with Crippen LogP contribution in [0.1, 0.15) is 46.5 Å². The molecule has 0 amide bonds. The summed E-state index contributed by atoms with van der Waals surface area (Å²) in [7, 11) is 0. The van der Waals surface area contributed by atoms with Gasteiger partial charge in [-0.3, -0.25) is 0 Å². The molecule has 0 spiro atoms.